The average molecular weight is 284 g/mol. The number of hydrogen-bond donors (Lipinski definition) is 0. The Kier molecular flexibility index (Phi) is 4.50. The normalized spacial score (nSPS) is 20.4. The fourth-order valence-corrected chi connectivity index (χ4v) is 3.15. The van der Waals surface area contributed by atoms with Crippen LogP contribution in [0.1, 0.15) is 47.4 Å². The van der Waals surface area contributed by atoms with Crippen molar-refractivity contribution in [3.05, 3.63) is 17.0 Å². The number of hydrogen-bond acceptors (Lipinski definition) is 2. The van der Waals surface area contributed by atoms with Crippen LogP contribution in [0.3, 0.4) is 0 Å². The molecule has 19 heavy (non-hydrogen) atoms. The Morgan fingerprint density at radius 1 is 1.37 bits per heavy atom. The topological polar surface area (TPSA) is 38.1 Å². The van der Waals surface area contributed by atoms with E-state index in [9.17, 15) is 4.79 Å². The first-order valence-corrected chi connectivity index (χ1v) is 7.46. The van der Waals surface area contributed by atoms with Crippen molar-refractivity contribution in [2.75, 3.05) is 12.4 Å². The number of nitrogens with zero attached hydrogens (tertiary/aromatic N) is 3. The molecule has 2 rings (SSSR count). The van der Waals surface area contributed by atoms with Crippen molar-refractivity contribution in [3.63, 3.8) is 0 Å². The van der Waals surface area contributed by atoms with Crippen LogP contribution in [0.25, 0.3) is 0 Å². The van der Waals surface area contributed by atoms with Gasteiger partial charge in [0.2, 0.25) is 0 Å². The molecule has 5 heteroatoms. The van der Waals surface area contributed by atoms with Crippen molar-refractivity contribution in [2.24, 2.45) is 7.05 Å². The highest BCUT2D eigenvalue weighted by molar-refractivity contribution is 6.18. The van der Waals surface area contributed by atoms with E-state index < -0.39 is 0 Å². The molecule has 0 N–H and O–H groups in total. The molecule has 1 aromatic heterocycles. The summed E-state index contributed by atoms with van der Waals surface area (Å²) in [7, 11) is 1.88. The summed E-state index contributed by atoms with van der Waals surface area (Å²) in [5.41, 5.74) is 2.49. The van der Waals surface area contributed by atoms with Gasteiger partial charge in [-0.3, -0.25) is 9.48 Å². The number of likely N-dealkylation sites (tertiary alicyclic amines) is 1. The SMILES string of the molecule is Cc1nn(C)c(C)c1C(=O)N1CCCCCC1CCl. The summed E-state index contributed by atoms with van der Waals surface area (Å²) >= 11 is 6.05. The summed E-state index contributed by atoms with van der Waals surface area (Å²) < 4.78 is 1.77. The van der Waals surface area contributed by atoms with E-state index in [-0.39, 0.29) is 11.9 Å². The molecule has 0 aliphatic carbocycles. The Hall–Kier alpha value is -1.03. The predicted octanol–water partition coefficient (Wildman–Crippen LogP) is 2.66. The van der Waals surface area contributed by atoms with E-state index in [0.717, 1.165) is 42.8 Å². The molecule has 1 saturated heterocycles. The van der Waals surface area contributed by atoms with Gasteiger partial charge in [0.25, 0.3) is 5.91 Å². The number of rotatable bonds is 2. The van der Waals surface area contributed by atoms with E-state index in [4.69, 9.17) is 11.6 Å². The third kappa shape index (κ3) is 2.78. The summed E-state index contributed by atoms with van der Waals surface area (Å²) in [4.78, 5) is 14.7. The summed E-state index contributed by atoms with van der Waals surface area (Å²) in [5, 5.41) is 4.34. The minimum Gasteiger partial charge on any atom is -0.334 e. The van der Waals surface area contributed by atoms with Crippen LogP contribution in [0.4, 0.5) is 0 Å². The Morgan fingerprint density at radius 3 is 2.68 bits per heavy atom. The van der Waals surface area contributed by atoms with Gasteiger partial charge >= 0.3 is 0 Å². The molecule has 1 amide bonds. The van der Waals surface area contributed by atoms with Crippen molar-refractivity contribution in [2.45, 2.75) is 45.6 Å². The van der Waals surface area contributed by atoms with Crippen LogP contribution < -0.4 is 0 Å². The monoisotopic (exact) mass is 283 g/mol. The van der Waals surface area contributed by atoms with Gasteiger partial charge < -0.3 is 4.90 Å². The third-order valence-electron chi connectivity index (χ3n) is 4.04. The molecule has 1 aliphatic heterocycles. The van der Waals surface area contributed by atoms with Gasteiger partial charge in [0.05, 0.1) is 11.3 Å². The Bertz CT molecular complexity index is 470. The quantitative estimate of drug-likeness (QED) is 0.783. The number of carbonyl (C=O) groups excluding carboxylic acids is 1. The average Bonchev–Trinajstić information content (AvgIpc) is 2.60. The maximum Gasteiger partial charge on any atom is 0.257 e. The zero-order chi connectivity index (χ0) is 14.0. The van der Waals surface area contributed by atoms with E-state index in [1.807, 2.05) is 25.8 Å². The van der Waals surface area contributed by atoms with Gasteiger partial charge in [0.1, 0.15) is 0 Å². The van der Waals surface area contributed by atoms with Crippen molar-refractivity contribution in [1.82, 2.24) is 14.7 Å². The summed E-state index contributed by atoms with van der Waals surface area (Å²) in [6, 6.07) is 0.163. The van der Waals surface area contributed by atoms with Crippen LogP contribution in [-0.2, 0) is 7.05 Å². The first kappa shape index (κ1) is 14.4. The highest BCUT2D eigenvalue weighted by atomic mass is 35.5. The minimum absolute atomic E-state index is 0.0932. The number of halogens is 1. The largest absolute Gasteiger partial charge is 0.334 e. The van der Waals surface area contributed by atoms with Crippen LogP contribution in [0.5, 0.6) is 0 Å². The molecule has 1 unspecified atom stereocenters. The number of aromatic nitrogens is 2. The van der Waals surface area contributed by atoms with E-state index in [1.54, 1.807) is 4.68 Å². The summed E-state index contributed by atoms with van der Waals surface area (Å²) in [6.07, 6.45) is 4.42. The maximum absolute atomic E-state index is 12.8. The van der Waals surface area contributed by atoms with Crippen LogP contribution in [0, 0.1) is 13.8 Å². The second-order valence-corrected chi connectivity index (χ2v) is 5.63. The zero-order valence-corrected chi connectivity index (χ0v) is 12.7. The molecule has 1 fully saturated rings. The van der Waals surface area contributed by atoms with Crippen molar-refractivity contribution in [1.29, 1.82) is 0 Å². The lowest BCUT2D eigenvalue weighted by Crippen LogP contribution is -2.41. The van der Waals surface area contributed by atoms with E-state index in [0.29, 0.717) is 5.88 Å². The smallest absolute Gasteiger partial charge is 0.257 e. The van der Waals surface area contributed by atoms with Gasteiger partial charge in [-0.05, 0) is 26.7 Å². The van der Waals surface area contributed by atoms with Gasteiger partial charge in [-0.15, -0.1) is 11.6 Å². The fraction of sp³-hybridized carbons (Fsp3) is 0.714. The molecule has 0 radical (unpaired) electrons. The molecule has 1 aliphatic rings. The third-order valence-corrected chi connectivity index (χ3v) is 4.40. The van der Waals surface area contributed by atoms with Crippen molar-refractivity contribution < 1.29 is 4.79 Å². The Morgan fingerprint density at radius 2 is 2.11 bits per heavy atom. The van der Waals surface area contributed by atoms with E-state index in [2.05, 4.69) is 5.10 Å². The summed E-state index contributed by atoms with van der Waals surface area (Å²) in [5.74, 6) is 0.611. The highest BCUT2D eigenvalue weighted by Gasteiger charge is 2.29. The molecule has 0 aromatic carbocycles. The maximum atomic E-state index is 12.8. The molecular weight excluding hydrogens is 262 g/mol. The van der Waals surface area contributed by atoms with Gasteiger partial charge in [-0.25, -0.2) is 0 Å². The van der Waals surface area contributed by atoms with Gasteiger partial charge in [0, 0.05) is 31.2 Å². The molecule has 0 spiro atoms. The van der Waals surface area contributed by atoms with Crippen LogP contribution in [-0.4, -0.2) is 39.1 Å². The van der Waals surface area contributed by atoms with E-state index in [1.165, 1.54) is 6.42 Å². The van der Waals surface area contributed by atoms with Gasteiger partial charge in [-0.1, -0.05) is 12.8 Å². The molecule has 1 aromatic rings. The standard InChI is InChI=1S/C14H22ClN3O/c1-10-13(11(2)17(3)16-10)14(19)18-8-6-4-5-7-12(18)9-15/h12H,4-9H2,1-3H3. The fourth-order valence-electron chi connectivity index (χ4n) is 2.83. The zero-order valence-electron chi connectivity index (χ0n) is 11.9. The second-order valence-electron chi connectivity index (χ2n) is 5.33. The number of amides is 1. The molecule has 1 atom stereocenters. The molecule has 106 valence electrons. The summed E-state index contributed by atoms with van der Waals surface area (Å²) in [6.45, 7) is 4.65. The highest BCUT2D eigenvalue weighted by Crippen LogP contribution is 2.22. The molecule has 0 saturated carbocycles. The molecule has 4 nitrogen and oxygen atoms in total. The molecular formula is C14H22ClN3O. The first-order chi connectivity index (χ1) is 9.06. The van der Waals surface area contributed by atoms with E-state index >= 15 is 0 Å². The predicted molar refractivity (Wildman–Crippen MR) is 76.7 cm³/mol. The molecule has 0 bridgehead atoms. The second kappa shape index (κ2) is 5.95. The van der Waals surface area contributed by atoms with Crippen LogP contribution >= 0.6 is 11.6 Å². The van der Waals surface area contributed by atoms with Crippen LogP contribution in [0.2, 0.25) is 0 Å². The minimum atomic E-state index is 0.0932. The van der Waals surface area contributed by atoms with Gasteiger partial charge in [0.15, 0.2) is 0 Å². The number of aryl methyl sites for hydroxylation is 2. The lowest BCUT2D eigenvalue weighted by molar-refractivity contribution is 0.0698. The van der Waals surface area contributed by atoms with Crippen LogP contribution in [0.15, 0.2) is 0 Å². The lowest BCUT2D eigenvalue weighted by Gasteiger charge is -2.28. The van der Waals surface area contributed by atoms with Crippen molar-refractivity contribution in [3.8, 4) is 0 Å². The number of carbonyl (C=O) groups is 1. The lowest BCUT2D eigenvalue weighted by atomic mass is 10.1. The molecule has 2 heterocycles. The Labute approximate surface area is 119 Å². The Balaban J connectivity index is 2.30. The number of alkyl halides is 1. The first-order valence-electron chi connectivity index (χ1n) is 6.93. The van der Waals surface area contributed by atoms with Crippen molar-refractivity contribution >= 4 is 17.5 Å². The van der Waals surface area contributed by atoms with Gasteiger partial charge in [-0.2, -0.15) is 5.10 Å².